The van der Waals surface area contributed by atoms with E-state index in [-0.39, 0.29) is 30.4 Å². The molecule has 2 saturated heterocycles. The number of likely N-dealkylation sites (tertiary alicyclic amines) is 1. The van der Waals surface area contributed by atoms with Crippen LogP contribution in [0, 0.1) is 0 Å². The summed E-state index contributed by atoms with van der Waals surface area (Å²) in [7, 11) is 0. The van der Waals surface area contributed by atoms with Crippen molar-refractivity contribution in [1.29, 1.82) is 0 Å². The van der Waals surface area contributed by atoms with E-state index in [2.05, 4.69) is 25.7 Å². The Balaban J connectivity index is 1.60. The number of hydrogen-bond acceptors (Lipinski definition) is 6. The molecule has 0 unspecified atom stereocenters. The number of hydrogen-bond donors (Lipinski definition) is 1. The third-order valence-corrected chi connectivity index (χ3v) is 5.40. The predicted octanol–water partition coefficient (Wildman–Crippen LogP) is 0.565. The van der Waals surface area contributed by atoms with E-state index in [4.69, 9.17) is 0 Å². The zero-order valence-electron chi connectivity index (χ0n) is 16.4. The van der Waals surface area contributed by atoms with Gasteiger partial charge in [0.15, 0.2) is 5.82 Å². The van der Waals surface area contributed by atoms with Gasteiger partial charge in [-0.15, -0.1) is 5.10 Å². The molecule has 2 fully saturated rings. The Morgan fingerprint density at radius 3 is 2.63 bits per heavy atom. The summed E-state index contributed by atoms with van der Waals surface area (Å²) in [4.78, 5) is 28.5. The number of carbonyl (C=O) groups excluding carboxylic acids is 2. The topological polar surface area (TPSA) is 96.2 Å². The second-order valence-electron chi connectivity index (χ2n) is 7.89. The maximum Gasteiger partial charge on any atom is 0.244 e. The van der Waals surface area contributed by atoms with Crippen molar-refractivity contribution < 1.29 is 9.59 Å². The zero-order chi connectivity index (χ0) is 19.2. The van der Waals surface area contributed by atoms with E-state index in [1.807, 2.05) is 18.7 Å². The molecule has 1 atom stereocenters. The number of nitrogens with zero attached hydrogens (tertiary/aromatic N) is 6. The number of carbonyl (C=O) groups is 2. The Labute approximate surface area is 160 Å². The van der Waals surface area contributed by atoms with Gasteiger partial charge in [0, 0.05) is 25.0 Å². The summed E-state index contributed by atoms with van der Waals surface area (Å²) in [6.45, 7) is 7.45. The molecule has 1 aromatic rings. The Morgan fingerprint density at radius 1 is 1.26 bits per heavy atom. The van der Waals surface area contributed by atoms with E-state index in [9.17, 15) is 9.59 Å². The quantitative estimate of drug-likeness (QED) is 0.746. The maximum absolute atomic E-state index is 12.9. The van der Waals surface area contributed by atoms with Crippen molar-refractivity contribution in [3.05, 3.63) is 5.82 Å². The molecule has 0 aliphatic carbocycles. The van der Waals surface area contributed by atoms with E-state index in [1.54, 1.807) is 4.68 Å². The van der Waals surface area contributed by atoms with E-state index in [0.29, 0.717) is 19.5 Å². The monoisotopic (exact) mass is 377 g/mol. The van der Waals surface area contributed by atoms with Crippen LogP contribution in [0.2, 0.25) is 0 Å². The lowest BCUT2D eigenvalue weighted by atomic mass is 10.2. The Hall–Kier alpha value is -2.03. The minimum absolute atomic E-state index is 0.0180. The molecule has 0 saturated carbocycles. The smallest absolute Gasteiger partial charge is 0.244 e. The predicted molar refractivity (Wildman–Crippen MR) is 99.6 cm³/mol. The second kappa shape index (κ2) is 9.25. The first-order chi connectivity index (χ1) is 13.0. The maximum atomic E-state index is 12.9. The van der Waals surface area contributed by atoms with Gasteiger partial charge in [-0.05, 0) is 56.6 Å². The summed E-state index contributed by atoms with van der Waals surface area (Å²) < 4.78 is 1.62. The van der Waals surface area contributed by atoms with Crippen LogP contribution >= 0.6 is 0 Å². The molecule has 1 aromatic heterocycles. The number of tetrazole rings is 1. The van der Waals surface area contributed by atoms with Crippen molar-refractivity contribution in [1.82, 2.24) is 35.3 Å². The number of rotatable bonds is 7. The van der Waals surface area contributed by atoms with Crippen molar-refractivity contribution in [3.8, 4) is 0 Å². The molecular weight excluding hydrogens is 346 g/mol. The highest BCUT2D eigenvalue weighted by atomic mass is 16.2. The molecule has 9 heteroatoms. The third-order valence-electron chi connectivity index (χ3n) is 5.40. The van der Waals surface area contributed by atoms with Gasteiger partial charge in [-0.3, -0.25) is 14.5 Å². The SMILES string of the molecule is CC(C)N(C[C@@H]1CCC(=O)N1)C(=O)Cn1nnnc1CN1CCCCCC1. The zero-order valence-corrected chi connectivity index (χ0v) is 16.4. The summed E-state index contributed by atoms with van der Waals surface area (Å²) in [6.07, 6.45) is 6.28. The highest BCUT2D eigenvalue weighted by Gasteiger charge is 2.27. The summed E-state index contributed by atoms with van der Waals surface area (Å²) >= 11 is 0. The van der Waals surface area contributed by atoms with Crippen LogP contribution in [0.1, 0.15) is 58.2 Å². The molecule has 9 nitrogen and oxygen atoms in total. The van der Waals surface area contributed by atoms with Gasteiger partial charge in [-0.2, -0.15) is 0 Å². The van der Waals surface area contributed by atoms with Gasteiger partial charge < -0.3 is 10.2 Å². The van der Waals surface area contributed by atoms with Crippen molar-refractivity contribution in [2.24, 2.45) is 0 Å². The lowest BCUT2D eigenvalue weighted by Crippen LogP contribution is -2.46. The molecular formula is C18H31N7O2. The second-order valence-corrected chi connectivity index (χ2v) is 7.89. The van der Waals surface area contributed by atoms with E-state index >= 15 is 0 Å². The largest absolute Gasteiger partial charge is 0.352 e. The molecule has 0 bridgehead atoms. The minimum Gasteiger partial charge on any atom is -0.352 e. The Kier molecular flexibility index (Phi) is 6.76. The van der Waals surface area contributed by atoms with Gasteiger partial charge in [0.05, 0.1) is 6.54 Å². The first-order valence-corrected chi connectivity index (χ1v) is 10.1. The van der Waals surface area contributed by atoms with Gasteiger partial charge >= 0.3 is 0 Å². The number of amides is 2. The minimum atomic E-state index is -0.0180. The molecule has 1 N–H and O–H groups in total. The van der Waals surface area contributed by atoms with Gasteiger partial charge in [-0.1, -0.05) is 12.8 Å². The van der Waals surface area contributed by atoms with Crippen molar-refractivity contribution in [2.75, 3.05) is 19.6 Å². The summed E-state index contributed by atoms with van der Waals surface area (Å²) in [5.74, 6) is 0.787. The standard InChI is InChI=1S/C18H31N7O2/c1-14(2)24(11-15-7-8-17(26)19-15)18(27)13-25-16(20-21-22-25)12-23-9-5-3-4-6-10-23/h14-15H,3-13H2,1-2H3,(H,19,26)/t15-/m0/s1. The van der Waals surface area contributed by atoms with Crippen LogP contribution in [0.25, 0.3) is 0 Å². The van der Waals surface area contributed by atoms with Gasteiger partial charge in [0.2, 0.25) is 11.8 Å². The van der Waals surface area contributed by atoms with Gasteiger partial charge in [0.1, 0.15) is 6.54 Å². The van der Waals surface area contributed by atoms with E-state index in [1.165, 1.54) is 25.7 Å². The molecule has 2 aliphatic heterocycles. The molecule has 0 radical (unpaired) electrons. The first-order valence-electron chi connectivity index (χ1n) is 10.1. The Morgan fingerprint density at radius 2 is 2.00 bits per heavy atom. The van der Waals surface area contributed by atoms with Crippen molar-refractivity contribution in [3.63, 3.8) is 0 Å². The fraction of sp³-hybridized carbons (Fsp3) is 0.833. The van der Waals surface area contributed by atoms with Crippen molar-refractivity contribution in [2.45, 2.75) is 77.5 Å². The fourth-order valence-corrected chi connectivity index (χ4v) is 3.82. The lowest BCUT2D eigenvalue weighted by molar-refractivity contribution is -0.134. The number of aromatic nitrogens is 4. The first kappa shape index (κ1) is 19.7. The normalized spacial score (nSPS) is 21.3. The molecule has 3 heterocycles. The van der Waals surface area contributed by atoms with Crippen LogP contribution in [-0.2, 0) is 22.7 Å². The van der Waals surface area contributed by atoms with Gasteiger partial charge in [0.25, 0.3) is 0 Å². The third kappa shape index (κ3) is 5.47. The molecule has 27 heavy (non-hydrogen) atoms. The summed E-state index contributed by atoms with van der Waals surface area (Å²) in [5.41, 5.74) is 0. The average molecular weight is 377 g/mol. The fourth-order valence-electron chi connectivity index (χ4n) is 3.82. The van der Waals surface area contributed by atoms with Crippen molar-refractivity contribution >= 4 is 11.8 Å². The summed E-state index contributed by atoms with van der Waals surface area (Å²) in [5, 5.41) is 14.9. The van der Waals surface area contributed by atoms with Crippen LogP contribution in [0.4, 0.5) is 0 Å². The van der Waals surface area contributed by atoms with Crippen LogP contribution in [0.3, 0.4) is 0 Å². The lowest BCUT2D eigenvalue weighted by Gasteiger charge is -2.29. The van der Waals surface area contributed by atoms with Crippen LogP contribution in [0.5, 0.6) is 0 Å². The number of nitrogens with one attached hydrogen (secondary N) is 1. The molecule has 150 valence electrons. The molecule has 2 aliphatic rings. The summed E-state index contributed by atoms with van der Waals surface area (Å²) in [6, 6.07) is 0.0924. The van der Waals surface area contributed by atoms with Crippen LogP contribution in [0.15, 0.2) is 0 Å². The van der Waals surface area contributed by atoms with E-state index < -0.39 is 0 Å². The van der Waals surface area contributed by atoms with Gasteiger partial charge in [-0.25, -0.2) is 4.68 Å². The Bertz CT molecular complexity index is 637. The van der Waals surface area contributed by atoms with Crippen LogP contribution < -0.4 is 5.32 Å². The average Bonchev–Trinajstić information content (AvgIpc) is 3.14. The molecule has 2 amide bonds. The van der Waals surface area contributed by atoms with E-state index in [0.717, 1.165) is 25.3 Å². The molecule has 3 rings (SSSR count). The highest BCUT2D eigenvalue weighted by Crippen LogP contribution is 2.13. The molecule has 0 spiro atoms. The van der Waals surface area contributed by atoms with Crippen LogP contribution in [-0.4, -0.2) is 73.5 Å². The highest BCUT2D eigenvalue weighted by molar-refractivity contribution is 5.79. The molecule has 0 aromatic carbocycles.